The Balaban J connectivity index is 2.35. The zero-order chi connectivity index (χ0) is 13.3. The van der Waals surface area contributed by atoms with Gasteiger partial charge in [0.05, 0.1) is 11.4 Å². The van der Waals surface area contributed by atoms with Crippen molar-refractivity contribution in [2.75, 3.05) is 6.54 Å². The van der Waals surface area contributed by atoms with Gasteiger partial charge >= 0.3 is 0 Å². The average molecular weight is 348 g/mol. The summed E-state index contributed by atoms with van der Waals surface area (Å²) in [7, 11) is -3.65. The molecule has 1 aromatic rings. The molecule has 0 N–H and O–H groups in total. The fourth-order valence-electron chi connectivity index (χ4n) is 1.52. The van der Waals surface area contributed by atoms with Gasteiger partial charge in [0.1, 0.15) is 6.10 Å². The lowest BCUT2D eigenvalue weighted by atomic mass is 10.4. The van der Waals surface area contributed by atoms with Crippen LogP contribution in [0, 0.1) is 0 Å². The van der Waals surface area contributed by atoms with E-state index in [-0.39, 0.29) is 22.7 Å². The van der Waals surface area contributed by atoms with E-state index in [0.29, 0.717) is 0 Å². The van der Waals surface area contributed by atoms with Crippen LogP contribution in [0.3, 0.4) is 0 Å². The molecule has 1 fully saturated rings. The highest BCUT2D eigenvalue weighted by Crippen LogP contribution is 2.23. The highest BCUT2D eigenvalue weighted by molar-refractivity contribution is 9.10. The van der Waals surface area contributed by atoms with Crippen LogP contribution in [0.4, 0.5) is 0 Å². The Morgan fingerprint density at radius 2 is 2.06 bits per heavy atom. The lowest BCUT2D eigenvalue weighted by Crippen LogP contribution is -2.32. The molecule has 0 bridgehead atoms. The lowest BCUT2D eigenvalue weighted by molar-refractivity contribution is 0.287. The molecule has 0 radical (unpaired) electrons. The molecule has 0 spiro atoms. The van der Waals surface area contributed by atoms with E-state index in [1.807, 2.05) is 0 Å². The van der Waals surface area contributed by atoms with Gasteiger partial charge in [-0.2, -0.15) is 0 Å². The molecule has 1 aromatic carbocycles. The smallest absolute Gasteiger partial charge is 0.274 e. The van der Waals surface area contributed by atoms with Crippen molar-refractivity contribution in [2.24, 2.45) is 0 Å². The normalized spacial score (nSPS) is 19.7. The van der Waals surface area contributed by atoms with Crippen molar-refractivity contribution in [3.05, 3.63) is 41.4 Å². The van der Waals surface area contributed by atoms with Gasteiger partial charge in [0.25, 0.3) is 15.2 Å². The van der Waals surface area contributed by atoms with E-state index in [1.54, 1.807) is 12.1 Å². The second kappa shape index (κ2) is 4.99. The molecule has 1 heterocycles. The first-order valence-electron chi connectivity index (χ1n) is 5.06. The fraction of sp³-hybridized carbons (Fsp3) is 0.182. The van der Waals surface area contributed by atoms with E-state index in [4.69, 9.17) is 17.0 Å². The van der Waals surface area contributed by atoms with Gasteiger partial charge in [0.2, 0.25) is 0 Å². The first-order valence-corrected chi connectivity index (χ1v) is 7.71. The topological polar surface area (TPSA) is 46.6 Å². The predicted octanol–water partition coefficient (Wildman–Crippen LogP) is 2.31. The highest BCUT2D eigenvalue weighted by Gasteiger charge is 2.36. The second-order valence-electron chi connectivity index (χ2n) is 3.65. The zero-order valence-electron chi connectivity index (χ0n) is 9.24. The highest BCUT2D eigenvalue weighted by atomic mass is 79.9. The maximum Gasteiger partial charge on any atom is 0.274 e. The van der Waals surface area contributed by atoms with Gasteiger partial charge in [-0.1, -0.05) is 22.5 Å². The van der Waals surface area contributed by atoms with E-state index in [1.165, 1.54) is 18.2 Å². The van der Waals surface area contributed by atoms with E-state index in [2.05, 4.69) is 22.5 Å². The summed E-state index contributed by atoms with van der Waals surface area (Å²) in [5, 5.41) is -0.0391. The number of rotatable bonds is 3. The summed E-state index contributed by atoms with van der Waals surface area (Å²) in [6.07, 6.45) is 1.14. The molecule has 1 unspecified atom stereocenters. The zero-order valence-corrected chi connectivity index (χ0v) is 12.5. The predicted molar refractivity (Wildman–Crippen MR) is 75.7 cm³/mol. The third kappa shape index (κ3) is 2.43. The average Bonchev–Trinajstić information content (AvgIpc) is 2.72. The molecule has 1 aliphatic heterocycles. The molecular formula is C11H10BrNO3S2. The third-order valence-electron chi connectivity index (χ3n) is 2.47. The van der Waals surface area contributed by atoms with Crippen molar-refractivity contribution in [3.8, 4) is 0 Å². The standard InChI is InChI=1S/C11H10BrNO3S2/c1-2-9-7-13(11(17)16-9)18(14,15)10-5-3-8(12)4-6-10/h2-6,9H,1,7H2. The minimum atomic E-state index is -3.65. The first kappa shape index (κ1) is 13.5. The quantitative estimate of drug-likeness (QED) is 0.621. The van der Waals surface area contributed by atoms with Crippen molar-refractivity contribution < 1.29 is 13.2 Å². The van der Waals surface area contributed by atoms with Gasteiger partial charge in [0, 0.05) is 4.47 Å². The Kier molecular flexibility index (Phi) is 3.74. The minimum absolute atomic E-state index is 0.0391. The molecule has 0 aromatic heterocycles. The molecule has 18 heavy (non-hydrogen) atoms. The molecule has 2 rings (SSSR count). The maximum atomic E-state index is 12.3. The number of benzene rings is 1. The number of hydrogen-bond donors (Lipinski definition) is 0. The van der Waals surface area contributed by atoms with Crippen molar-refractivity contribution >= 4 is 43.3 Å². The molecule has 1 saturated heterocycles. The third-order valence-corrected chi connectivity index (χ3v) is 5.19. The summed E-state index contributed by atoms with van der Waals surface area (Å²) in [6.45, 7) is 3.73. The van der Waals surface area contributed by atoms with Crippen molar-refractivity contribution in [1.82, 2.24) is 4.31 Å². The number of nitrogens with zero attached hydrogens (tertiary/aromatic N) is 1. The molecule has 0 aliphatic carbocycles. The molecule has 0 saturated carbocycles. The van der Waals surface area contributed by atoms with Gasteiger partial charge in [-0.3, -0.25) is 0 Å². The Hall–Kier alpha value is -0.920. The molecule has 96 valence electrons. The van der Waals surface area contributed by atoms with E-state index in [9.17, 15) is 8.42 Å². The van der Waals surface area contributed by atoms with Gasteiger partial charge in [-0.15, -0.1) is 0 Å². The SMILES string of the molecule is C=CC1CN(S(=O)(=O)c2ccc(Br)cc2)C(=S)O1. The van der Waals surface area contributed by atoms with Crippen LogP contribution in [0.1, 0.15) is 0 Å². The minimum Gasteiger partial charge on any atom is -0.461 e. The summed E-state index contributed by atoms with van der Waals surface area (Å²) < 4.78 is 31.8. The summed E-state index contributed by atoms with van der Waals surface area (Å²) in [5.41, 5.74) is 0. The van der Waals surface area contributed by atoms with E-state index < -0.39 is 10.0 Å². The summed E-state index contributed by atoms with van der Waals surface area (Å²) in [6, 6.07) is 6.36. The molecule has 7 heteroatoms. The van der Waals surface area contributed by atoms with Crippen LogP contribution < -0.4 is 0 Å². The molecule has 0 amide bonds. The Labute approximate surface area is 119 Å². The largest absolute Gasteiger partial charge is 0.461 e. The van der Waals surface area contributed by atoms with Crippen molar-refractivity contribution in [1.29, 1.82) is 0 Å². The Bertz CT molecular complexity index is 583. The van der Waals surface area contributed by atoms with Crippen LogP contribution in [0.2, 0.25) is 0 Å². The van der Waals surface area contributed by atoms with Crippen LogP contribution >= 0.6 is 28.1 Å². The monoisotopic (exact) mass is 347 g/mol. The van der Waals surface area contributed by atoms with Gasteiger partial charge in [-0.25, -0.2) is 12.7 Å². The van der Waals surface area contributed by atoms with Crippen molar-refractivity contribution in [3.63, 3.8) is 0 Å². The van der Waals surface area contributed by atoms with Crippen LogP contribution in [0.25, 0.3) is 0 Å². The van der Waals surface area contributed by atoms with Gasteiger partial charge in [-0.05, 0) is 42.6 Å². The maximum absolute atomic E-state index is 12.3. The number of sulfonamides is 1. The van der Waals surface area contributed by atoms with E-state index >= 15 is 0 Å². The van der Waals surface area contributed by atoms with Crippen LogP contribution in [-0.2, 0) is 14.8 Å². The number of thiocarbonyl (C=S) groups is 1. The summed E-state index contributed by atoms with van der Waals surface area (Å²) >= 11 is 8.18. The molecular weight excluding hydrogens is 338 g/mol. The van der Waals surface area contributed by atoms with E-state index in [0.717, 1.165) is 8.78 Å². The van der Waals surface area contributed by atoms with Crippen LogP contribution in [-0.4, -0.2) is 30.5 Å². The fourth-order valence-corrected chi connectivity index (χ4v) is 3.59. The molecule has 1 aliphatic rings. The molecule has 4 nitrogen and oxygen atoms in total. The molecule has 1 atom stereocenters. The van der Waals surface area contributed by atoms with Crippen LogP contribution in [0.15, 0.2) is 46.3 Å². The number of halogens is 1. The van der Waals surface area contributed by atoms with Gasteiger partial charge < -0.3 is 4.74 Å². The van der Waals surface area contributed by atoms with Gasteiger partial charge in [0.15, 0.2) is 0 Å². The summed E-state index contributed by atoms with van der Waals surface area (Å²) in [5.74, 6) is 0. The summed E-state index contributed by atoms with van der Waals surface area (Å²) in [4.78, 5) is 0.182. The van der Waals surface area contributed by atoms with Crippen LogP contribution in [0.5, 0.6) is 0 Å². The van der Waals surface area contributed by atoms with Crippen molar-refractivity contribution in [2.45, 2.75) is 11.0 Å². The Morgan fingerprint density at radius 3 is 2.56 bits per heavy atom. The number of ether oxygens (including phenoxy) is 1. The second-order valence-corrected chi connectivity index (χ2v) is 6.78. The Morgan fingerprint density at radius 1 is 1.44 bits per heavy atom. The first-order chi connectivity index (χ1) is 8.45. The lowest BCUT2D eigenvalue weighted by Gasteiger charge is -2.15. The number of hydrogen-bond acceptors (Lipinski definition) is 4.